The van der Waals surface area contributed by atoms with Crippen molar-refractivity contribution in [3.8, 4) is 0 Å². The molecule has 0 aliphatic heterocycles. The summed E-state index contributed by atoms with van der Waals surface area (Å²) in [6, 6.07) is 7.11. The molecule has 0 fully saturated rings. The number of methoxy groups -OCH3 is 1. The second-order valence-electron chi connectivity index (χ2n) is 4.00. The van der Waals surface area contributed by atoms with Crippen molar-refractivity contribution in [1.82, 2.24) is 0 Å². The Morgan fingerprint density at radius 3 is 2.88 bits per heavy atom. The average Bonchev–Trinajstić information content (AvgIpc) is 2.61. The van der Waals surface area contributed by atoms with Crippen molar-refractivity contribution in [2.45, 2.75) is 12.5 Å². The van der Waals surface area contributed by atoms with E-state index in [1.807, 2.05) is 0 Å². The molecule has 1 aromatic heterocycles. The van der Waals surface area contributed by atoms with Crippen LogP contribution in [0, 0.1) is 0 Å². The molecule has 2 aromatic rings. The highest BCUT2D eigenvalue weighted by atomic mass is 35.5. The highest BCUT2D eigenvalue weighted by Gasteiger charge is 2.27. The van der Waals surface area contributed by atoms with E-state index in [9.17, 15) is 5.11 Å². The minimum Gasteiger partial charge on any atom is -0.458 e. The first-order valence-corrected chi connectivity index (χ1v) is 5.31. The van der Waals surface area contributed by atoms with E-state index >= 15 is 0 Å². The van der Waals surface area contributed by atoms with Crippen LogP contribution < -0.4 is 0 Å². The molecular formula is C12H13ClO3. The number of halogens is 1. The minimum atomic E-state index is -1.12. The second-order valence-corrected chi connectivity index (χ2v) is 4.44. The number of hydrogen-bond donors (Lipinski definition) is 1. The Kier molecular flexibility index (Phi) is 2.93. The Hall–Kier alpha value is -1.03. The van der Waals surface area contributed by atoms with Crippen LogP contribution in [-0.2, 0) is 10.3 Å². The topological polar surface area (TPSA) is 42.6 Å². The van der Waals surface area contributed by atoms with Gasteiger partial charge in [-0.3, -0.25) is 0 Å². The summed E-state index contributed by atoms with van der Waals surface area (Å²) in [5.74, 6) is 0.478. The van der Waals surface area contributed by atoms with Crippen LogP contribution in [0.2, 0.25) is 5.02 Å². The lowest BCUT2D eigenvalue weighted by Crippen LogP contribution is -2.26. The Morgan fingerprint density at radius 2 is 2.19 bits per heavy atom. The lowest BCUT2D eigenvalue weighted by atomic mass is 10.1. The average molecular weight is 241 g/mol. The molecule has 1 aromatic carbocycles. The molecule has 1 unspecified atom stereocenters. The summed E-state index contributed by atoms with van der Waals surface area (Å²) in [6.07, 6.45) is 0. The largest absolute Gasteiger partial charge is 0.458 e. The lowest BCUT2D eigenvalue weighted by molar-refractivity contribution is -0.0349. The van der Waals surface area contributed by atoms with Gasteiger partial charge in [-0.25, -0.2) is 0 Å². The highest BCUT2D eigenvalue weighted by molar-refractivity contribution is 6.31. The first-order valence-electron chi connectivity index (χ1n) is 4.94. The highest BCUT2D eigenvalue weighted by Crippen LogP contribution is 2.29. The van der Waals surface area contributed by atoms with E-state index in [1.165, 1.54) is 7.11 Å². The van der Waals surface area contributed by atoms with Crippen molar-refractivity contribution in [3.05, 3.63) is 35.0 Å². The lowest BCUT2D eigenvalue weighted by Gasteiger charge is -2.18. The van der Waals surface area contributed by atoms with Crippen LogP contribution in [0.15, 0.2) is 28.7 Å². The van der Waals surface area contributed by atoms with Gasteiger partial charge >= 0.3 is 0 Å². The molecule has 2 rings (SSSR count). The Labute approximate surface area is 98.6 Å². The van der Waals surface area contributed by atoms with E-state index < -0.39 is 5.60 Å². The predicted molar refractivity (Wildman–Crippen MR) is 62.7 cm³/mol. The molecule has 4 heteroatoms. The number of hydrogen-bond acceptors (Lipinski definition) is 3. The van der Waals surface area contributed by atoms with Gasteiger partial charge in [0.2, 0.25) is 0 Å². The first-order chi connectivity index (χ1) is 7.53. The van der Waals surface area contributed by atoms with Crippen molar-refractivity contribution in [2.24, 2.45) is 0 Å². The second kappa shape index (κ2) is 4.09. The Bertz CT molecular complexity index is 502. The third-order valence-electron chi connectivity index (χ3n) is 2.43. The van der Waals surface area contributed by atoms with Gasteiger partial charge in [-0.05, 0) is 31.2 Å². The van der Waals surface area contributed by atoms with Gasteiger partial charge in [0.05, 0.1) is 6.61 Å². The third kappa shape index (κ3) is 2.07. The van der Waals surface area contributed by atoms with Crippen LogP contribution in [0.4, 0.5) is 0 Å². The van der Waals surface area contributed by atoms with Crippen LogP contribution in [0.25, 0.3) is 11.0 Å². The zero-order valence-electron chi connectivity index (χ0n) is 9.16. The molecular weight excluding hydrogens is 228 g/mol. The molecule has 0 saturated carbocycles. The van der Waals surface area contributed by atoms with Gasteiger partial charge in [-0.1, -0.05) is 11.6 Å². The minimum absolute atomic E-state index is 0.181. The summed E-state index contributed by atoms with van der Waals surface area (Å²) in [5, 5.41) is 11.6. The molecule has 86 valence electrons. The zero-order valence-corrected chi connectivity index (χ0v) is 9.91. The monoisotopic (exact) mass is 240 g/mol. The molecule has 1 atom stereocenters. The molecule has 0 amide bonds. The summed E-state index contributed by atoms with van der Waals surface area (Å²) in [7, 11) is 1.54. The molecule has 0 aliphatic rings. The van der Waals surface area contributed by atoms with Crippen LogP contribution in [0.1, 0.15) is 12.7 Å². The maximum absolute atomic E-state index is 10.1. The van der Waals surface area contributed by atoms with Gasteiger partial charge in [0, 0.05) is 17.5 Å². The number of rotatable bonds is 3. The SMILES string of the molecule is COCC(C)(O)c1cc2cc(Cl)ccc2o1. The molecule has 0 spiro atoms. The van der Waals surface area contributed by atoms with Crippen LogP contribution in [0.3, 0.4) is 0 Å². The molecule has 0 radical (unpaired) electrons. The zero-order chi connectivity index (χ0) is 11.8. The van der Waals surface area contributed by atoms with Crippen molar-refractivity contribution < 1.29 is 14.3 Å². The standard InChI is InChI=1S/C12H13ClO3/c1-12(14,7-15-2)11-6-8-5-9(13)3-4-10(8)16-11/h3-6,14H,7H2,1-2H3. The van der Waals surface area contributed by atoms with E-state index in [4.69, 9.17) is 20.8 Å². The predicted octanol–water partition coefficient (Wildman–Crippen LogP) is 2.94. The third-order valence-corrected chi connectivity index (χ3v) is 2.67. The number of ether oxygens (including phenoxy) is 1. The molecule has 0 bridgehead atoms. The number of furan rings is 1. The normalized spacial score (nSPS) is 15.2. The van der Waals surface area contributed by atoms with Gasteiger partial charge in [-0.2, -0.15) is 0 Å². The van der Waals surface area contributed by atoms with Gasteiger partial charge in [-0.15, -0.1) is 0 Å². The number of benzene rings is 1. The van der Waals surface area contributed by atoms with E-state index in [0.717, 1.165) is 5.39 Å². The first kappa shape index (κ1) is 11.5. The fraction of sp³-hybridized carbons (Fsp3) is 0.333. The Balaban J connectivity index is 2.46. The van der Waals surface area contributed by atoms with Crippen LogP contribution >= 0.6 is 11.6 Å². The van der Waals surface area contributed by atoms with Gasteiger partial charge in [0.1, 0.15) is 16.9 Å². The van der Waals surface area contributed by atoms with Crippen molar-refractivity contribution in [3.63, 3.8) is 0 Å². The van der Waals surface area contributed by atoms with E-state index in [0.29, 0.717) is 16.4 Å². The van der Waals surface area contributed by atoms with Crippen LogP contribution in [-0.4, -0.2) is 18.8 Å². The van der Waals surface area contributed by atoms with Gasteiger partial charge in [0.25, 0.3) is 0 Å². The molecule has 1 heterocycles. The van der Waals surface area contributed by atoms with Crippen LogP contribution in [0.5, 0.6) is 0 Å². The fourth-order valence-corrected chi connectivity index (χ4v) is 1.81. The molecule has 0 aliphatic carbocycles. The molecule has 0 saturated heterocycles. The number of fused-ring (bicyclic) bond motifs is 1. The van der Waals surface area contributed by atoms with Crippen molar-refractivity contribution in [1.29, 1.82) is 0 Å². The summed E-state index contributed by atoms with van der Waals surface area (Å²) in [4.78, 5) is 0. The van der Waals surface area contributed by atoms with Crippen molar-refractivity contribution in [2.75, 3.05) is 13.7 Å². The van der Waals surface area contributed by atoms with Gasteiger partial charge < -0.3 is 14.3 Å². The maximum Gasteiger partial charge on any atom is 0.142 e. The summed E-state index contributed by atoms with van der Waals surface area (Å²) in [6.45, 7) is 1.83. The van der Waals surface area contributed by atoms with E-state index in [2.05, 4.69) is 0 Å². The molecule has 1 N–H and O–H groups in total. The summed E-state index contributed by atoms with van der Waals surface area (Å²) < 4.78 is 10.5. The fourth-order valence-electron chi connectivity index (χ4n) is 1.63. The maximum atomic E-state index is 10.1. The molecule has 16 heavy (non-hydrogen) atoms. The van der Waals surface area contributed by atoms with E-state index in [-0.39, 0.29) is 6.61 Å². The van der Waals surface area contributed by atoms with Gasteiger partial charge in [0.15, 0.2) is 0 Å². The smallest absolute Gasteiger partial charge is 0.142 e. The quantitative estimate of drug-likeness (QED) is 0.897. The molecule has 3 nitrogen and oxygen atoms in total. The van der Waals surface area contributed by atoms with Crippen molar-refractivity contribution >= 4 is 22.6 Å². The summed E-state index contributed by atoms with van der Waals surface area (Å²) >= 11 is 5.87. The van der Waals surface area contributed by atoms with E-state index in [1.54, 1.807) is 31.2 Å². The summed E-state index contributed by atoms with van der Waals surface area (Å²) in [5.41, 5.74) is -0.420. The Morgan fingerprint density at radius 1 is 1.44 bits per heavy atom. The number of aliphatic hydroxyl groups is 1.